The molecular formula is C16H19NO2. The Hall–Kier alpha value is -1.64. The lowest BCUT2D eigenvalue weighted by atomic mass is 9.84. The predicted octanol–water partition coefficient (Wildman–Crippen LogP) is 3.25. The van der Waals surface area contributed by atoms with E-state index in [1.807, 2.05) is 12.1 Å². The number of hydrogen-bond acceptors (Lipinski definition) is 2. The van der Waals surface area contributed by atoms with Gasteiger partial charge >= 0.3 is 0 Å². The maximum Gasteiger partial charge on any atom is 0.261 e. The Morgan fingerprint density at radius 3 is 2.00 bits per heavy atom. The lowest BCUT2D eigenvalue weighted by molar-refractivity contribution is 0.0529. The van der Waals surface area contributed by atoms with Crippen LogP contribution in [0.2, 0.25) is 0 Å². The largest absolute Gasteiger partial charge is 0.271 e. The van der Waals surface area contributed by atoms with Gasteiger partial charge in [-0.1, -0.05) is 25.5 Å². The third kappa shape index (κ3) is 1.97. The van der Waals surface area contributed by atoms with Crippen molar-refractivity contribution in [2.24, 2.45) is 5.92 Å². The second-order valence-corrected chi connectivity index (χ2v) is 5.61. The number of benzene rings is 1. The van der Waals surface area contributed by atoms with Gasteiger partial charge in [0.25, 0.3) is 11.8 Å². The van der Waals surface area contributed by atoms with Crippen LogP contribution in [0.15, 0.2) is 24.3 Å². The molecule has 0 saturated heterocycles. The van der Waals surface area contributed by atoms with Crippen LogP contribution < -0.4 is 0 Å². The molecule has 0 aromatic heterocycles. The molecule has 1 aliphatic carbocycles. The van der Waals surface area contributed by atoms with Gasteiger partial charge in [-0.2, -0.15) is 0 Å². The molecule has 3 heteroatoms. The van der Waals surface area contributed by atoms with E-state index in [2.05, 4.69) is 6.92 Å². The Balaban J connectivity index is 1.81. The Labute approximate surface area is 113 Å². The maximum atomic E-state index is 12.4. The average Bonchev–Trinajstić information content (AvgIpc) is 2.72. The van der Waals surface area contributed by atoms with Crippen molar-refractivity contribution in [2.45, 2.75) is 45.1 Å². The van der Waals surface area contributed by atoms with E-state index in [-0.39, 0.29) is 17.9 Å². The number of hydrogen-bond donors (Lipinski definition) is 0. The molecule has 19 heavy (non-hydrogen) atoms. The van der Waals surface area contributed by atoms with Crippen LogP contribution in [0.4, 0.5) is 0 Å². The molecule has 1 aromatic rings. The van der Waals surface area contributed by atoms with Crippen LogP contribution in [-0.2, 0) is 0 Å². The molecule has 0 spiro atoms. The third-order valence-electron chi connectivity index (χ3n) is 4.58. The first-order chi connectivity index (χ1) is 9.22. The summed E-state index contributed by atoms with van der Waals surface area (Å²) in [6.45, 7) is 2.22. The number of nitrogens with zero attached hydrogens (tertiary/aromatic N) is 1. The van der Waals surface area contributed by atoms with E-state index in [0.717, 1.165) is 31.6 Å². The molecule has 3 rings (SSSR count). The van der Waals surface area contributed by atoms with Crippen molar-refractivity contribution in [3.05, 3.63) is 35.4 Å². The minimum absolute atomic E-state index is 0.0967. The van der Waals surface area contributed by atoms with Gasteiger partial charge in [0, 0.05) is 6.04 Å². The van der Waals surface area contributed by atoms with E-state index >= 15 is 0 Å². The van der Waals surface area contributed by atoms with Crippen molar-refractivity contribution >= 4 is 11.8 Å². The predicted molar refractivity (Wildman–Crippen MR) is 73.0 cm³/mol. The van der Waals surface area contributed by atoms with Crippen LogP contribution in [-0.4, -0.2) is 22.8 Å². The van der Waals surface area contributed by atoms with Gasteiger partial charge < -0.3 is 0 Å². The molecule has 2 amide bonds. The molecule has 1 saturated carbocycles. The highest BCUT2D eigenvalue weighted by Crippen LogP contribution is 2.33. The minimum atomic E-state index is -0.0967. The topological polar surface area (TPSA) is 37.4 Å². The van der Waals surface area contributed by atoms with Crippen molar-refractivity contribution in [2.75, 3.05) is 0 Å². The van der Waals surface area contributed by atoms with Gasteiger partial charge in [0.1, 0.15) is 0 Å². The van der Waals surface area contributed by atoms with E-state index in [9.17, 15) is 9.59 Å². The lowest BCUT2D eigenvalue weighted by Gasteiger charge is -2.33. The first-order valence-electron chi connectivity index (χ1n) is 7.19. The van der Waals surface area contributed by atoms with Crippen LogP contribution in [0, 0.1) is 5.92 Å². The van der Waals surface area contributed by atoms with E-state index in [4.69, 9.17) is 0 Å². The van der Waals surface area contributed by atoms with Crippen molar-refractivity contribution in [1.29, 1.82) is 0 Å². The molecule has 1 heterocycles. The van der Waals surface area contributed by atoms with Crippen molar-refractivity contribution in [1.82, 2.24) is 4.90 Å². The summed E-state index contributed by atoms with van der Waals surface area (Å²) in [6, 6.07) is 7.26. The van der Waals surface area contributed by atoms with E-state index < -0.39 is 0 Å². The second-order valence-electron chi connectivity index (χ2n) is 5.61. The summed E-state index contributed by atoms with van der Waals surface area (Å²) in [5, 5.41) is 0. The number of carbonyl (C=O) groups is 2. The first kappa shape index (κ1) is 12.4. The van der Waals surface area contributed by atoms with Crippen LogP contribution in [0.3, 0.4) is 0 Å². The van der Waals surface area contributed by atoms with Gasteiger partial charge in [-0.15, -0.1) is 0 Å². The SMILES string of the molecule is CCC1CCC(N2C(=O)c3ccccc3C2=O)CC1. The summed E-state index contributed by atoms with van der Waals surface area (Å²) < 4.78 is 0. The van der Waals surface area contributed by atoms with Gasteiger partial charge in [0.15, 0.2) is 0 Å². The van der Waals surface area contributed by atoms with Gasteiger partial charge in [0.2, 0.25) is 0 Å². The van der Waals surface area contributed by atoms with Crippen molar-refractivity contribution < 1.29 is 9.59 Å². The quantitative estimate of drug-likeness (QED) is 0.763. The monoisotopic (exact) mass is 257 g/mol. The molecule has 3 nitrogen and oxygen atoms in total. The Morgan fingerprint density at radius 1 is 1.00 bits per heavy atom. The molecule has 0 N–H and O–H groups in total. The summed E-state index contributed by atoms with van der Waals surface area (Å²) in [5.41, 5.74) is 1.15. The van der Waals surface area contributed by atoms with Gasteiger partial charge in [-0.25, -0.2) is 0 Å². The molecule has 0 unspecified atom stereocenters. The molecule has 2 aliphatic rings. The Bertz CT molecular complexity index is 480. The van der Waals surface area contributed by atoms with E-state index in [1.165, 1.54) is 11.3 Å². The minimum Gasteiger partial charge on any atom is -0.271 e. The van der Waals surface area contributed by atoms with Gasteiger partial charge in [-0.3, -0.25) is 14.5 Å². The number of fused-ring (bicyclic) bond motifs is 1. The number of imide groups is 1. The number of rotatable bonds is 2. The highest BCUT2D eigenvalue weighted by Gasteiger charge is 2.40. The van der Waals surface area contributed by atoms with Crippen molar-refractivity contribution in [3.8, 4) is 0 Å². The second kappa shape index (κ2) is 4.80. The fourth-order valence-corrected chi connectivity index (χ4v) is 3.35. The standard InChI is InChI=1S/C16H19NO2/c1-2-11-7-9-12(10-8-11)17-15(18)13-5-3-4-6-14(13)16(17)19/h3-6,11-12H,2,7-10H2,1H3. The highest BCUT2D eigenvalue weighted by molar-refractivity contribution is 6.21. The van der Waals surface area contributed by atoms with Crippen LogP contribution in [0.25, 0.3) is 0 Å². The third-order valence-corrected chi connectivity index (χ3v) is 4.58. The molecule has 0 radical (unpaired) electrons. The lowest BCUT2D eigenvalue weighted by Crippen LogP contribution is -2.41. The molecule has 1 aromatic carbocycles. The maximum absolute atomic E-state index is 12.4. The number of carbonyl (C=O) groups excluding carboxylic acids is 2. The summed E-state index contributed by atoms with van der Waals surface area (Å²) in [4.78, 5) is 26.2. The fraction of sp³-hybridized carbons (Fsp3) is 0.500. The molecule has 0 bridgehead atoms. The van der Waals surface area contributed by atoms with Crippen LogP contribution in [0.1, 0.15) is 59.7 Å². The molecule has 1 fully saturated rings. The van der Waals surface area contributed by atoms with Crippen molar-refractivity contribution in [3.63, 3.8) is 0 Å². The summed E-state index contributed by atoms with van der Waals surface area (Å²) in [5.74, 6) is 0.576. The normalized spacial score (nSPS) is 26.7. The average molecular weight is 257 g/mol. The van der Waals surface area contributed by atoms with Crippen LogP contribution >= 0.6 is 0 Å². The van der Waals surface area contributed by atoms with Crippen LogP contribution in [0.5, 0.6) is 0 Å². The zero-order valence-corrected chi connectivity index (χ0v) is 11.3. The Morgan fingerprint density at radius 2 is 1.53 bits per heavy atom. The summed E-state index contributed by atoms with van der Waals surface area (Å²) in [7, 11) is 0. The van der Waals surface area contributed by atoms with Gasteiger partial charge in [-0.05, 0) is 43.7 Å². The zero-order valence-electron chi connectivity index (χ0n) is 11.3. The molecular weight excluding hydrogens is 238 g/mol. The van der Waals surface area contributed by atoms with E-state index in [1.54, 1.807) is 12.1 Å². The Kier molecular flexibility index (Phi) is 3.13. The van der Waals surface area contributed by atoms with Gasteiger partial charge in [0.05, 0.1) is 11.1 Å². The summed E-state index contributed by atoms with van der Waals surface area (Å²) in [6.07, 6.45) is 5.39. The van der Waals surface area contributed by atoms with E-state index in [0.29, 0.717) is 11.1 Å². The zero-order chi connectivity index (χ0) is 13.4. The molecule has 0 atom stereocenters. The molecule has 1 aliphatic heterocycles. The molecule has 100 valence electrons. The smallest absolute Gasteiger partial charge is 0.261 e. The number of amides is 2. The fourth-order valence-electron chi connectivity index (χ4n) is 3.35. The summed E-state index contributed by atoms with van der Waals surface area (Å²) >= 11 is 0. The highest BCUT2D eigenvalue weighted by atomic mass is 16.2. The first-order valence-corrected chi connectivity index (χ1v) is 7.19.